The van der Waals surface area contributed by atoms with Gasteiger partial charge in [0.2, 0.25) is 5.95 Å². The monoisotopic (exact) mass is 575 g/mol. The molecule has 12 heteroatoms. The lowest BCUT2D eigenvalue weighted by atomic mass is 9.99. The van der Waals surface area contributed by atoms with Crippen molar-refractivity contribution >= 4 is 39.4 Å². The Balaban J connectivity index is 1.70. The van der Waals surface area contributed by atoms with E-state index in [1.165, 1.54) is 29.5 Å². The Morgan fingerprint density at radius 2 is 1.83 bits per heavy atom. The lowest BCUT2D eigenvalue weighted by Gasteiger charge is -2.17. The van der Waals surface area contributed by atoms with Gasteiger partial charge in [-0.15, -0.1) is 11.3 Å². The number of aryl methyl sites for hydroxylation is 1. The van der Waals surface area contributed by atoms with E-state index in [0.29, 0.717) is 40.4 Å². The van der Waals surface area contributed by atoms with Gasteiger partial charge in [0.15, 0.2) is 10.8 Å². The molecule has 5 rings (SSSR count). The molecular weight excluding hydrogens is 548 g/mol. The molecular formula is C29H27F2N7O2S. The Kier molecular flexibility index (Phi) is 8.13. The number of hydrogen-bond acceptors (Lipinski definition) is 8. The van der Waals surface area contributed by atoms with Gasteiger partial charge in [0.05, 0.1) is 5.69 Å². The van der Waals surface area contributed by atoms with E-state index in [9.17, 15) is 18.4 Å². The first-order valence-electron chi connectivity index (χ1n) is 12.9. The molecule has 210 valence electrons. The second-order valence-corrected chi connectivity index (χ2v) is 10.5. The van der Waals surface area contributed by atoms with Crippen molar-refractivity contribution in [2.45, 2.75) is 26.8 Å². The van der Waals surface area contributed by atoms with Gasteiger partial charge in [-0.25, -0.2) is 18.7 Å². The van der Waals surface area contributed by atoms with Crippen LogP contribution in [0.15, 0.2) is 64.9 Å². The quantitative estimate of drug-likeness (QED) is 0.208. The number of halogens is 2. The van der Waals surface area contributed by atoms with Gasteiger partial charge in [-0.1, -0.05) is 26.0 Å². The molecule has 0 unspecified atom stereocenters. The second kappa shape index (κ2) is 11.9. The zero-order chi connectivity index (χ0) is 29.1. The van der Waals surface area contributed by atoms with Crippen LogP contribution >= 0.6 is 11.3 Å². The minimum absolute atomic E-state index is 0.0165. The molecule has 3 aromatic heterocycles. The maximum absolute atomic E-state index is 14.9. The molecule has 0 atom stereocenters. The van der Waals surface area contributed by atoms with Gasteiger partial charge < -0.3 is 10.6 Å². The Labute approximate surface area is 238 Å². The zero-order valence-electron chi connectivity index (χ0n) is 22.5. The molecule has 0 saturated heterocycles. The van der Waals surface area contributed by atoms with E-state index >= 15 is 0 Å². The molecule has 1 amide bonds. The fourth-order valence-electron chi connectivity index (χ4n) is 4.33. The summed E-state index contributed by atoms with van der Waals surface area (Å²) in [5.74, 6) is -2.02. The molecule has 3 N–H and O–H groups in total. The highest BCUT2D eigenvalue weighted by molar-refractivity contribution is 7.13. The fraction of sp³-hybridized carbons (Fsp3) is 0.207. The maximum Gasteiger partial charge on any atom is 0.257 e. The number of fused-ring (bicyclic) bond motifs is 1. The van der Waals surface area contributed by atoms with Gasteiger partial charge in [0, 0.05) is 53.3 Å². The number of amides is 1. The minimum atomic E-state index is -0.910. The highest BCUT2D eigenvalue weighted by Gasteiger charge is 2.21. The third kappa shape index (κ3) is 5.98. The van der Waals surface area contributed by atoms with E-state index in [0.717, 1.165) is 22.3 Å². The number of nitrogens with one attached hydrogen (secondary N) is 3. The number of aromatic nitrogens is 4. The van der Waals surface area contributed by atoms with Crippen LogP contribution in [0.25, 0.3) is 28.0 Å². The minimum Gasteiger partial charge on any atom is -0.353 e. The van der Waals surface area contributed by atoms with Crippen LogP contribution in [0.2, 0.25) is 0 Å². The smallest absolute Gasteiger partial charge is 0.257 e. The molecule has 0 bridgehead atoms. The van der Waals surface area contributed by atoms with Crippen molar-refractivity contribution in [2.75, 3.05) is 23.7 Å². The number of nitrogens with zero attached hydrogens (tertiary/aromatic N) is 4. The summed E-state index contributed by atoms with van der Waals surface area (Å²) in [5, 5.41) is 11.8. The van der Waals surface area contributed by atoms with E-state index in [4.69, 9.17) is 4.98 Å². The van der Waals surface area contributed by atoms with Crippen LogP contribution in [0.1, 0.15) is 29.8 Å². The van der Waals surface area contributed by atoms with E-state index in [2.05, 4.69) is 25.9 Å². The number of rotatable bonds is 9. The summed E-state index contributed by atoms with van der Waals surface area (Å²) in [7, 11) is 0. The third-order valence-corrected chi connectivity index (χ3v) is 6.97. The summed E-state index contributed by atoms with van der Waals surface area (Å²) in [5.41, 5.74) is 0.950. The first-order chi connectivity index (χ1) is 19.7. The molecule has 41 heavy (non-hydrogen) atoms. The van der Waals surface area contributed by atoms with E-state index in [-0.39, 0.29) is 23.5 Å². The van der Waals surface area contributed by atoms with Crippen LogP contribution in [-0.4, -0.2) is 44.6 Å². The van der Waals surface area contributed by atoms with Crippen molar-refractivity contribution in [3.05, 3.63) is 93.2 Å². The highest BCUT2D eigenvalue weighted by atomic mass is 32.1. The summed E-state index contributed by atoms with van der Waals surface area (Å²) in [4.78, 5) is 39.4. The average molecular weight is 576 g/mol. The normalized spacial score (nSPS) is 11.3. The summed E-state index contributed by atoms with van der Waals surface area (Å²) >= 11 is 1.30. The largest absolute Gasteiger partial charge is 0.353 e. The summed E-state index contributed by atoms with van der Waals surface area (Å²) in [6.07, 6.45) is 1.59. The Morgan fingerprint density at radius 1 is 1.05 bits per heavy atom. The van der Waals surface area contributed by atoms with E-state index in [1.807, 2.05) is 20.8 Å². The zero-order valence-corrected chi connectivity index (χ0v) is 23.4. The lowest BCUT2D eigenvalue weighted by molar-refractivity contribution is 0.102. The van der Waals surface area contributed by atoms with Crippen LogP contribution in [0.5, 0.6) is 0 Å². The Hall–Kier alpha value is -4.55. The average Bonchev–Trinajstić information content (AvgIpc) is 3.45. The Morgan fingerprint density at radius 3 is 2.54 bits per heavy atom. The molecule has 5 aromatic rings. The van der Waals surface area contributed by atoms with Crippen molar-refractivity contribution in [2.24, 2.45) is 0 Å². The molecule has 0 aliphatic heterocycles. The number of para-hydroxylation sites is 1. The fourth-order valence-corrected chi connectivity index (χ4v) is 4.85. The number of anilines is 2. The van der Waals surface area contributed by atoms with Gasteiger partial charge in [-0.3, -0.25) is 19.5 Å². The molecule has 0 saturated carbocycles. The Bertz CT molecular complexity index is 1770. The predicted molar refractivity (Wildman–Crippen MR) is 157 cm³/mol. The van der Waals surface area contributed by atoms with Crippen molar-refractivity contribution in [3.8, 4) is 16.9 Å². The van der Waals surface area contributed by atoms with Crippen LogP contribution in [-0.2, 0) is 0 Å². The van der Waals surface area contributed by atoms with Crippen LogP contribution in [0.3, 0.4) is 0 Å². The highest BCUT2D eigenvalue weighted by Crippen LogP contribution is 2.32. The number of carbonyl (C=O) groups is 1. The van der Waals surface area contributed by atoms with Gasteiger partial charge in [0.1, 0.15) is 17.3 Å². The first kappa shape index (κ1) is 28.0. The van der Waals surface area contributed by atoms with Crippen LogP contribution in [0, 0.1) is 18.6 Å². The van der Waals surface area contributed by atoms with Crippen LogP contribution in [0.4, 0.5) is 19.9 Å². The SMILES string of the molecule is Cc1ccc(C(=O)Nc2nccs2)cc1-c1nc(NCCNC(C)C)nc2c1ccc(=O)n2-c1c(F)cccc1F. The lowest BCUT2D eigenvalue weighted by Crippen LogP contribution is -2.28. The summed E-state index contributed by atoms with van der Waals surface area (Å²) < 4.78 is 30.8. The van der Waals surface area contributed by atoms with Gasteiger partial charge in [0.25, 0.3) is 11.5 Å². The number of thiazole rings is 1. The molecule has 2 aromatic carbocycles. The topological polar surface area (TPSA) is 114 Å². The van der Waals surface area contributed by atoms with Gasteiger partial charge in [-0.05, 0) is 42.8 Å². The number of hydrogen-bond donors (Lipinski definition) is 3. The van der Waals surface area contributed by atoms with E-state index < -0.39 is 22.9 Å². The molecule has 3 heterocycles. The van der Waals surface area contributed by atoms with Crippen molar-refractivity contribution in [1.82, 2.24) is 24.8 Å². The number of pyridine rings is 1. The second-order valence-electron chi connectivity index (χ2n) is 9.57. The molecule has 0 aliphatic carbocycles. The van der Waals surface area contributed by atoms with Crippen LogP contribution < -0.4 is 21.5 Å². The molecule has 0 radical (unpaired) electrons. The predicted octanol–water partition coefficient (Wildman–Crippen LogP) is 5.15. The van der Waals surface area contributed by atoms with E-state index in [1.54, 1.807) is 29.8 Å². The number of benzene rings is 2. The molecule has 0 fully saturated rings. The maximum atomic E-state index is 14.9. The molecule has 0 aliphatic rings. The van der Waals surface area contributed by atoms with Crippen molar-refractivity contribution < 1.29 is 13.6 Å². The standard InChI is InChI=1S/C29H27F2N7O2S/c1-16(2)32-11-12-33-28-35-24(20-15-18(8-7-17(20)3)27(40)37-29-34-13-14-41-29)19-9-10-23(39)38(26(19)36-28)25-21(30)5-4-6-22(25)31/h4-10,13-16,32H,11-12H2,1-3H3,(H,33,35,36)(H,34,37,40). The van der Waals surface area contributed by atoms with Crippen molar-refractivity contribution in [1.29, 1.82) is 0 Å². The first-order valence-corrected chi connectivity index (χ1v) is 13.8. The van der Waals surface area contributed by atoms with Crippen molar-refractivity contribution in [3.63, 3.8) is 0 Å². The third-order valence-electron chi connectivity index (χ3n) is 6.28. The van der Waals surface area contributed by atoms with Gasteiger partial charge >= 0.3 is 0 Å². The molecule has 0 spiro atoms. The molecule has 9 nitrogen and oxygen atoms in total. The summed E-state index contributed by atoms with van der Waals surface area (Å²) in [6.45, 7) is 6.95. The van der Waals surface area contributed by atoms with Gasteiger partial charge in [-0.2, -0.15) is 4.98 Å². The summed E-state index contributed by atoms with van der Waals surface area (Å²) in [6, 6.07) is 11.5. The number of carbonyl (C=O) groups excluding carboxylic acids is 1.